The lowest BCUT2D eigenvalue weighted by Crippen LogP contribution is -2.24. The molecule has 0 aliphatic heterocycles. The summed E-state index contributed by atoms with van der Waals surface area (Å²) in [6.07, 6.45) is 0.563. The monoisotopic (exact) mass is 587 g/mol. The van der Waals surface area contributed by atoms with Gasteiger partial charge in [0.15, 0.2) is 5.76 Å². The van der Waals surface area contributed by atoms with Gasteiger partial charge in [-0.25, -0.2) is 13.8 Å². The number of fused-ring (bicyclic) bond motifs is 1. The topological polar surface area (TPSA) is 107 Å². The van der Waals surface area contributed by atoms with Gasteiger partial charge in [0.25, 0.3) is 5.56 Å². The summed E-state index contributed by atoms with van der Waals surface area (Å²) < 4.78 is 39.2. The van der Waals surface area contributed by atoms with Gasteiger partial charge < -0.3 is 14.4 Å². The van der Waals surface area contributed by atoms with Gasteiger partial charge in [-0.2, -0.15) is 0 Å². The highest BCUT2D eigenvalue weighted by molar-refractivity contribution is 5.83. The standard InChI is InChI=1S/C33H31F2N3O5/c1-33(2,3)42-30(39)7-5-4-6-29-36-27-18-21(10-17-25(27)32(41)38(29)24-15-13-23(35)14-16-24)26-19-28(43-37-26)31(40)20-8-11-22(34)12-9-20/h8-19,31,40H,4-7H2,1-3H3. The zero-order valence-electron chi connectivity index (χ0n) is 24.0. The van der Waals surface area contributed by atoms with E-state index in [2.05, 4.69) is 5.16 Å². The molecular formula is C33H31F2N3O5. The van der Waals surface area contributed by atoms with Crippen LogP contribution in [0.15, 0.2) is 82.1 Å². The number of esters is 1. The predicted molar refractivity (Wildman–Crippen MR) is 157 cm³/mol. The van der Waals surface area contributed by atoms with Crippen molar-refractivity contribution in [2.75, 3.05) is 0 Å². The van der Waals surface area contributed by atoms with E-state index in [4.69, 9.17) is 14.2 Å². The quantitative estimate of drug-likeness (QED) is 0.156. The SMILES string of the molecule is CC(C)(C)OC(=O)CCCCc1nc2cc(-c3cc(C(O)c4ccc(F)cc4)on3)ccc2c(=O)n1-c1ccc(F)cc1. The average molecular weight is 588 g/mol. The van der Waals surface area contributed by atoms with E-state index in [1.807, 2.05) is 20.8 Å². The lowest BCUT2D eigenvalue weighted by molar-refractivity contribution is -0.154. The number of ether oxygens (including phenoxy) is 1. The van der Waals surface area contributed by atoms with E-state index in [0.29, 0.717) is 58.5 Å². The molecule has 222 valence electrons. The fourth-order valence-corrected chi connectivity index (χ4v) is 4.72. The van der Waals surface area contributed by atoms with Crippen LogP contribution < -0.4 is 5.56 Å². The Morgan fingerprint density at radius 3 is 2.33 bits per heavy atom. The van der Waals surface area contributed by atoms with Crippen LogP contribution in [0.5, 0.6) is 0 Å². The smallest absolute Gasteiger partial charge is 0.306 e. The number of unbranched alkanes of at least 4 members (excludes halogenated alkanes) is 1. The summed E-state index contributed by atoms with van der Waals surface area (Å²) in [6, 6.07) is 17.6. The highest BCUT2D eigenvalue weighted by Gasteiger charge is 2.20. The normalized spacial score (nSPS) is 12.4. The average Bonchev–Trinajstić information content (AvgIpc) is 3.46. The number of hydrogen-bond donors (Lipinski definition) is 1. The molecule has 0 fully saturated rings. The summed E-state index contributed by atoms with van der Waals surface area (Å²) in [5.41, 5.74) is 1.48. The third kappa shape index (κ3) is 7.03. The van der Waals surface area contributed by atoms with E-state index in [0.717, 1.165) is 0 Å². The second-order valence-corrected chi connectivity index (χ2v) is 11.2. The summed E-state index contributed by atoms with van der Waals surface area (Å²) in [6.45, 7) is 5.44. The van der Waals surface area contributed by atoms with Crippen molar-refractivity contribution in [2.24, 2.45) is 0 Å². The predicted octanol–water partition coefficient (Wildman–Crippen LogP) is 6.46. The van der Waals surface area contributed by atoms with Crippen LogP contribution in [0.3, 0.4) is 0 Å². The van der Waals surface area contributed by atoms with Crippen molar-refractivity contribution in [3.63, 3.8) is 0 Å². The Hall–Kier alpha value is -4.70. The summed E-state index contributed by atoms with van der Waals surface area (Å²) in [4.78, 5) is 30.7. The van der Waals surface area contributed by atoms with Crippen LogP contribution in [0.2, 0.25) is 0 Å². The van der Waals surface area contributed by atoms with Crippen molar-refractivity contribution in [3.05, 3.63) is 112 Å². The van der Waals surface area contributed by atoms with Gasteiger partial charge in [0.1, 0.15) is 34.9 Å². The number of aliphatic hydroxyl groups excluding tert-OH is 1. The largest absolute Gasteiger partial charge is 0.460 e. The maximum atomic E-state index is 13.7. The van der Waals surface area contributed by atoms with Gasteiger partial charge in [0.05, 0.1) is 16.6 Å². The molecule has 0 saturated carbocycles. The first kappa shape index (κ1) is 29.8. The Labute approximate surface area is 246 Å². The first-order valence-corrected chi connectivity index (χ1v) is 13.9. The minimum atomic E-state index is -1.14. The van der Waals surface area contributed by atoms with Crippen LogP contribution >= 0.6 is 0 Å². The number of nitrogens with zero attached hydrogens (tertiary/aromatic N) is 3. The van der Waals surface area contributed by atoms with Crippen molar-refractivity contribution in [1.82, 2.24) is 14.7 Å². The van der Waals surface area contributed by atoms with Gasteiger partial charge >= 0.3 is 5.97 Å². The van der Waals surface area contributed by atoms with Crippen LogP contribution in [0.1, 0.15) is 63.3 Å². The van der Waals surface area contributed by atoms with E-state index >= 15 is 0 Å². The number of rotatable bonds is 9. The van der Waals surface area contributed by atoms with Crippen LogP contribution in [-0.2, 0) is 16.0 Å². The molecular weight excluding hydrogens is 556 g/mol. The molecule has 0 radical (unpaired) electrons. The molecule has 8 nitrogen and oxygen atoms in total. The van der Waals surface area contributed by atoms with Gasteiger partial charge in [-0.05, 0) is 87.7 Å². The Kier molecular flexibility index (Phi) is 8.50. The number of aryl methyl sites for hydroxylation is 1. The van der Waals surface area contributed by atoms with Crippen LogP contribution in [-0.4, -0.2) is 31.4 Å². The number of carbonyl (C=O) groups excluding carboxylic acids is 1. The molecule has 0 spiro atoms. The van der Waals surface area contributed by atoms with E-state index in [9.17, 15) is 23.5 Å². The maximum absolute atomic E-state index is 13.7. The van der Waals surface area contributed by atoms with Gasteiger partial charge in [-0.1, -0.05) is 23.4 Å². The minimum Gasteiger partial charge on any atom is -0.460 e. The first-order chi connectivity index (χ1) is 20.5. The molecule has 1 unspecified atom stereocenters. The van der Waals surface area contributed by atoms with E-state index < -0.39 is 23.3 Å². The zero-order chi connectivity index (χ0) is 30.7. The number of aromatic nitrogens is 3. The molecule has 1 N–H and O–H groups in total. The molecule has 10 heteroatoms. The van der Waals surface area contributed by atoms with Crippen LogP contribution in [0.25, 0.3) is 27.8 Å². The number of hydrogen-bond acceptors (Lipinski definition) is 7. The van der Waals surface area contributed by atoms with Crippen molar-refractivity contribution < 1.29 is 27.9 Å². The Morgan fingerprint density at radius 1 is 0.977 bits per heavy atom. The van der Waals surface area contributed by atoms with E-state index in [1.54, 1.807) is 24.3 Å². The molecule has 0 aliphatic carbocycles. The second-order valence-electron chi connectivity index (χ2n) is 11.2. The fourth-order valence-electron chi connectivity index (χ4n) is 4.72. The highest BCUT2D eigenvalue weighted by atomic mass is 19.1. The summed E-state index contributed by atoms with van der Waals surface area (Å²) in [5, 5.41) is 15.1. The van der Waals surface area contributed by atoms with Crippen molar-refractivity contribution in [3.8, 4) is 16.9 Å². The molecule has 2 aromatic heterocycles. The Bertz CT molecular complexity index is 1810. The van der Waals surface area contributed by atoms with Crippen molar-refractivity contribution in [2.45, 2.75) is 58.2 Å². The molecule has 0 saturated heterocycles. The maximum Gasteiger partial charge on any atom is 0.306 e. The van der Waals surface area contributed by atoms with Crippen LogP contribution in [0, 0.1) is 11.6 Å². The Balaban J connectivity index is 1.45. The third-order valence-electron chi connectivity index (χ3n) is 6.75. The van der Waals surface area contributed by atoms with Crippen molar-refractivity contribution in [1.29, 1.82) is 0 Å². The van der Waals surface area contributed by atoms with Gasteiger partial charge in [-0.3, -0.25) is 14.2 Å². The molecule has 0 amide bonds. The van der Waals surface area contributed by atoms with E-state index in [1.165, 1.54) is 53.1 Å². The minimum absolute atomic E-state index is 0.173. The lowest BCUT2D eigenvalue weighted by atomic mass is 10.0. The molecule has 5 aromatic rings. The zero-order valence-corrected chi connectivity index (χ0v) is 24.0. The second kappa shape index (κ2) is 12.3. The van der Waals surface area contributed by atoms with Crippen LogP contribution in [0.4, 0.5) is 8.78 Å². The number of carbonyl (C=O) groups is 1. The number of aliphatic hydroxyl groups is 1. The van der Waals surface area contributed by atoms with Gasteiger partial charge in [-0.15, -0.1) is 0 Å². The molecule has 1 atom stereocenters. The molecule has 0 bridgehead atoms. The van der Waals surface area contributed by atoms with Crippen molar-refractivity contribution >= 4 is 16.9 Å². The van der Waals surface area contributed by atoms with Gasteiger partial charge in [0, 0.05) is 24.5 Å². The molecule has 5 rings (SSSR count). The summed E-state index contributed by atoms with van der Waals surface area (Å²) >= 11 is 0. The molecule has 2 heterocycles. The first-order valence-electron chi connectivity index (χ1n) is 13.9. The number of halogens is 2. The van der Waals surface area contributed by atoms with Gasteiger partial charge in [0.2, 0.25) is 0 Å². The molecule has 3 aromatic carbocycles. The fraction of sp³-hybridized carbons (Fsp3) is 0.273. The number of benzene rings is 3. The highest BCUT2D eigenvalue weighted by Crippen LogP contribution is 2.28. The van der Waals surface area contributed by atoms with E-state index in [-0.39, 0.29) is 23.7 Å². The summed E-state index contributed by atoms with van der Waals surface area (Å²) in [5.74, 6) is -0.509. The Morgan fingerprint density at radius 2 is 1.65 bits per heavy atom. The lowest BCUT2D eigenvalue weighted by Gasteiger charge is -2.19. The molecule has 43 heavy (non-hydrogen) atoms. The summed E-state index contributed by atoms with van der Waals surface area (Å²) in [7, 11) is 0. The molecule has 0 aliphatic rings. The third-order valence-corrected chi connectivity index (χ3v) is 6.75.